The van der Waals surface area contributed by atoms with Gasteiger partial charge in [-0.15, -0.1) is 0 Å². The summed E-state index contributed by atoms with van der Waals surface area (Å²) in [6.07, 6.45) is 1.03. The largest absolute Gasteiger partial charge is 0.461 e. The zero-order valence-electron chi connectivity index (χ0n) is 16.4. The van der Waals surface area contributed by atoms with Gasteiger partial charge in [-0.05, 0) is 39.9 Å². The molecule has 0 radical (unpaired) electrons. The average molecular weight is 393 g/mol. The third kappa shape index (κ3) is 15.8. The maximum atomic E-state index is 11.0. The smallest absolute Gasteiger partial charge is 0.333 e. The zero-order valence-corrected chi connectivity index (χ0v) is 17.2. The number of carbonyl (C=O) groups is 2. The van der Waals surface area contributed by atoms with Gasteiger partial charge in [0, 0.05) is 12.1 Å². The van der Waals surface area contributed by atoms with Crippen molar-refractivity contribution < 1.29 is 27.3 Å². The SMILES string of the molecule is C=C(C)C(=O)OCCN(CC)CC.C=CC(=O)NC(C)(C)CS(=O)(=O)O. The predicted molar refractivity (Wildman–Crippen MR) is 102 cm³/mol. The van der Waals surface area contributed by atoms with Gasteiger partial charge >= 0.3 is 5.97 Å². The molecule has 0 spiro atoms. The Kier molecular flexibility index (Phi) is 12.9. The maximum absolute atomic E-state index is 11.0. The Bertz CT molecular complexity index is 580. The van der Waals surface area contributed by atoms with Crippen LogP contribution in [0.25, 0.3) is 0 Å². The van der Waals surface area contributed by atoms with Gasteiger partial charge in [-0.25, -0.2) is 4.79 Å². The Hall–Kier alpha value is -1.71. The Labute approximate surface area is 157 Å². The van der Waals surface area contributed by atoms with Crippen LogP contribution in [0.3, 0.4) is 0 Å². The van der Waals surface area contributed by atoms with Gasteiger partial charge in [0.25, 0.3) is 10.1 Å². The van der Waals surface area contributed by atoms with Gasteiger partial charge in [0.15, 0.2) is 0 Å². The number of carbonyl (C=O) groups excluding carboxylic acids is 2. The lowest BCUT2D eigenvalue weighted by Gasteiger charge is -2.23. The molecule has 0 aromatic heterocycles. The molecule has 0 aliphatic heterocycles. The molecule has 0 rings (SSSR count). The number of nitrogens with one attached hydrogen (secondary N) is 1. The minimum atomic E-state index is -4.08. The van der Waals surface area contributed by atoms with Crippen molar-refractivity contribution in [2.45, 2.75) is 40.2 Å². The molecule has 1 amide bonds. The number of hydrogen-bond donors (Lipinski definition) is 2. The number of hydrogen-bond acceptors (Lipinski definition) is 6. The van der Waals surface area contributed by atoms with Crippen molar-refractivity contribution in [3.05, 3.63) is 24.8 Å². The van der Waals surface area contributed by atoms with Crippen LogP contribution in [0.4, 0.5) is 0 Å². The summed E-state index contributed by atoms with van der Waals surface area (Å²) in [5.74, 6) is -1.31. The first-order chi connectivity index (χ1) is 11.8. The van der Waals surface area contributed by atoms with Crippen molar-refractivity contribution in [2.75, 3.05) is 32.0 Å². The third-order valence-electron chi connectivity index (χ3n) is 3.07. The highest BCUT2D eigenvalue weighted by Crippen LogP contribution is 2.05. The lowest BCUT2D eigenvalue weighted by Crippen LogP contribution is -2.47. The molecule has 0 fully saturated rings. The van der Waals surface area contributed by atoms with Crippen LogP contribution in [0.1, 0.15) is 34.6 Å². The number of likely N-dealkylation sites (N-methyl/N-ethyl adjacent to an activating group) is 1. The van der Waals surface area contributed by atoms with Crippen molar-refractivity contribution in [1.29, 1.82) is 0 Å². The first kappa shape index (κ1) is 26.5. The van der Waals surface area contributed by atoms with E-state index in [9.17, 15) is 18.0 Å². The summed E-state index contributed by atoms with van der Waals surface area (Å²) < 4.78 is 34.5. The second kappa shape index (κ2) is 12.6. The standard InChI is InChI=1S/C10H19NO2.C7H13NO4S/c1-5-11(6-2)7-8-13-10(12)9(3)4;1-4-6(9)8-7(2,3)5-13(10,11)12/h3,5-8H2,1-2,4H3;4H,1,5H2,2-3H3,(H,8,9)(H,10,11,12). The van der Waals surface area contributed by atoms with Gasteiger partial charge in [-0.1, -0.05) is 27.0 Å². The zero-order chi connectivity index (χ0) is 21.0. The molecule has 0 bridgehead atoms. The maximum Gasteiger partial charge on any atom is 0.333 e. The first-order valence-corrected chi connectivity index (χ1v) is 9.83. The van der Waals surface area contributed by atoms with Crippen LogP contribution >= 0.6 is 0 Å². The van der Waals surface area contributed by atoms with E-state index in [1.54, 1.807) is 6.92 Å². The average Bonchev–Trinajstić information content (AvgIpc) is 2.48. The number of rotatable bonds is 10. The lowest BCUT2D eigenvalue weighted by molar-refractivity contribution is -0.139. The topological polar surface area (TPSA) is 113 Å². The number of nitrogens with zero attached hydrogens (tertiary/aromatic N) is 1. The summed E-state index contributed by atoms with van der Waals surface area (Å²) in [7, 11) is -4.08. The summed E-state index contributed by atoms with van der Waals surface area (Å²) >= 11 is 0. The van der Waals surface area contributed by atoms with Crippen molar-refractivity contribution in [2.24, 2.45) is 0 Å². The second-order valence-electron chi connectivity index (χ2n) is 6.25. The first-order valence-electron chi connectivity index (χ1n) is 8.22. The van der Waals surface area contributed by atoms with Gasteiger partial charge in [0.05, 0.1) is 11.3 Å². The summed E-state index contributed by atoms with van der Waals surface area (Å²) in [6, 6.07) is 0. The van der Waals surface area contributed by atoms with Crippen LogP contribution in [0.5, 0.6) is 0 Å². The van der Waals surface area contributed by atoms with Crippen LogP contribution in [-0.2, 0) is 24.4 Å². The quantitative estimate of drug-likeness (QED) is 0.328. The molecule has 2 N–H and O–H groups in total. The highest BCUT2D eigenvalue weighted by molar-refractivity contribution is 7.85. The molecule has 152 valence electrons. The summed E-state index contributed by atoms with van der Waals surface area (Å²) in [5.41, 5.74) is -0.543. The van der Waals surface area contributed by atoms with E-state index in [0.717, 1.165) is 25.7 Å². The van der Waals surface area contributed by atoms with Crippen molar-refractivity contribution >= 4 is 22.0 Å². The van der Waals surface area contributed by atoms with Crippen molar-refractivity contribution in [3.63, 3.8) is 0 Å². The molecule has 9 heteroatoms. The minimum Gasteiger partial charge on any atom is -0.461 e. The van der Waals surface area contributed by atoms with Gasteiger partial charge in [0.2, 0.25) is 5.91 Å². The van der Waals surface area contributed by atoms with Gasteiger partial charge in [-0.3, -0.25) is 9.35 Å². The summed E-state index contributed by atoms with van der Waals surface area (Å²) in [4.78, 5) is 24.0. The fourth-order valence-corrected chi connectivity index (χ4v) is 2.79. The molecule has 0 saturated heterocycles. The van der Waals surface area contributed by atoms with E-state index in [-0.39, 0.29) is 5.97 Å². The molecule has 0 atom stereocenters. The van der Waals surface area contributed by atoms with Gasteiger partial charge < -0.3 is 15.0 Å². The molecule has 0 heterocycles. The lowest BCUT2D eigenvalue weighted by atomic mass is 10.1. The minimum absolute atomic E-state index is 0.299. The molecule has 0 aromatic carbocycles. The molecule has 26 heavy (non-hydrogen) atoms. The van der Waals surface area contributed by atoms with Crippen LogP contribution in [0.2, 0.25) is 0 Å². The Morgan fingerprint density at radius 3 is 2.12 bits per heavy atom. The second-order valence-corrected chi connectivity index (χ2v) is 7.70. The highest BCUT2D eigenvalue weighted by Gasteiger charge is 2.25. The Balaban J connectivity index is 0. The number of esters is 1. The van der Waals surface area contributed by atoms with E-state index in [0.29, 0.717) is 12.2 Å². The van der Waals surface area contributed by atoms with Crippen LogP contribution in [-0.4, -0.2) is 67.3 Å². The van der Waals surface area contributed by atoms with Crippen molar-refractivity contribution in [3.8, 4) is 0 Å². The third-order valence-corrected chi connectivity index (χ3v) is 4.16. The molecular weight excluding hydrogens is 360 g/mol. The van der Waals surface area contributed by atoms with Crippen LogP contribution in [0, 0.1) is 0 Å². The van der Waals surface area contributed by atoms with E-state index >= 15 is 0 Å². The number of amides is 1. The Morgan fingerprint density at radius 2 is 1.77 bits per heavy atom. The summed E-state index contributed by atoms with van der Waals surface area (Å²) in [5, 5.41) is 2.37. The van der Waals surface area contributed by atoms with E-state index < -0.39 is 27.3 Å². The fraction of sp³-hybridized carbons (Fsp3) is 0.647. The molecule has 0 saturated carbocycles. The van der Waals surface area contributed by atoms with Gasteiger partial charge in [-0.2, -0.15) is 8.42 Å². The Morgan fingerprint density at radius 1 is 1.27 bits per heavy atom. The van der Waals surface area contributed by atoms with E-state index in [1.165, 1.54) is 13.8 Å². The summed E-state index contributed by atoms with van der Waals surface area (Å²) in [6.45, 7) is 18.7. The molecular formula is C17H32N2O6S. The predicted octanol–water partition coefficient (Wildman–Crippen LogP) is 1.40. The fourth-order valence-electron chi connectivity index (χ4n) is 1.81. The molecule has 0 aliphatic rings. The molecule has 0 aromatic rings. The highest BCUT2D eigenvalue weighted by atomic mass is 32.2. The van der Waals surface area contributed by atoms with E-state index in [4.69, 9.17) is 9.29 Å². The van der Waals surface area contributed by atoms with Crippen molar-refractivity contribution in [1.82, 2.24) is 10.2 Å². The van der Waals surface area contributed by atoms with Gasteiger partial charge in [0.1, 0.15) is 6.61 Å². The number of ether oxygens (including phenoxy) is 1. The normalized spacial score (nSPS) is 11.2. The van der Waals surface area contributed by atoms with Crippen LogP contribution in [0.15, 0.2) is 24.8 Å². The molecule has 0 aliphatic carbocycles. The van der Waals surface area contributed by atoms with E-state index in [1.807, 2.05) is 0 Å². The monoisotopic (exact) mass is 392 g/mol. The molecule has 8 nitrogen and oxygen atoms in total. The molecule has 0 unspecified atom stereocenters. The van der Waals surface area contributed by atoms with Crippen LogP contribution < -0.4 is 5.32 Å². The van der Waals surface area contributed by atoms with E-state index in [2.05, 4.69) is 37.2 Å².